The van der Waals surface area contributed by atoms with Crippen molar-refractivity contribution in [3.63, 3.8) is 0 Å². The molecule has 0 aliphatic carbocycles. The summed E-state index contributed by atoms with van der Waals surface area (Å²) < 4.78 is 0. The molecule has 0 heterocycles. The molecule has 2 amide bonds. The minimum Gasteiger partial charge on any atom is -0.356 e. The molecule has 19 heavy (non-hydrogen) atoms. The zero-order valence-electron chi connectivity index (χ0n) is 10.8. The molecule has 0 aliphatic heterocycles. The maximum atomic E-state index is 11.6. The number of hydrogen-bond acceptors (Lipinski definition) is 2. The van der Waals surface area contributed by atoms with Gasteiger partial charge in [-0.25, -0.2) is 0 Å². The Kier molecular flexibility index (Phi) is 6.12. The van der Waals surface area contributed by atoms with Crippen molar-refractivity contribution in [2.24, 2.45) is 0 Å². The van der Waals surface area contributed by atoms with Gasteiger partial charge in [0.2, 0.25) is 11.8 Å². The number of rotatable bonds is 5. The average Bonchev–Trinajstić information content (AvgIpc) is 2.32. The summed E-state index contributed by atoms with van der Waals surface area (Å²) in [7, 11) is 0. The summed E-state index contributed by atoms with van der Waals surface area (Å²) in [6, 6.07) is 5.06. The number of halogens is 2. The van der Waals surface area contributed by atoms with Gasteiger partial charge in [0.1, 0.15) is 0 Å². The lowest BCUT2D eigenvalue weighted by molar-refractivity contribution is -0.122. The van der Waals surface area contributed by atoms with Crippen LogP contribution in [0, 0.1) is 0 Å². The van der Waals surface area contributed by atoms with Gasteiger partial charge in [-0.3, -0.25) is 9.59 Å². The third-order valence-electron chi connectivity index (χ3n) is 2.55. The van der Waals surface area contributed by atoms with E-state index in [-0.39, 0.29) is 24.3 Å². The lowest BCUT2D eigenvalue weighted by Gasteiger charge is -2.15. The molecule has 1 aromatic carbocycles. The van der Waals surface area contributed by atoms with Gasteiger partial charge in [0, 0.05) is 19.9 Å². The molecule has 104 valence electrons. The molecule has 1 aromatic rings. The van der Waals surface area contributed by atoms with Crippen molar-refractivity contribution in [1.82, 2.24) is 10.6 Å². The Labute approximate surface area is 122 Å². The molecular formula is C13H16Cl2N2O2. The molecule has 0 aromatic heterocycles. The highest BCUT2D eigenvalue weighted by atomic mass is 35.5. The fraction of sp³-hybridized carbons (Fsp3) is 0.385. The molecule has 0 bridgehead atoms. The summed E-state index contributed by atoms with van der Waals surface area (Å²) in [5.41, 5.74) is 0.877. The van der Waals surface area contributed by atoms with Crippen LogP contribution < -0.4 is 10.6 Å². The van der Waals surface area contributed by atoms with Crippen molar-refractivity contribution in [1.29, 1.82) is 0 Å². The van der Waals surface area contributed by atoms with E-state index in [2.05, 4.69) is 10.6 Å². The molecule has 6 heteroatoms. The van der Waals surface area contributed by atoms with E-state index in [1.54, 1.807) is 12.1 Å². The van der Waals surface area contributed by atoms with Crippen molar-refractivity contribution in [2.45, 2.75) is 26.3 Å². The first-order valence-corrected chi connectivity index (χ1v) is 6.64. The highest BCUT2D eigenvalue weighted by molar-refractivity contribution is 6.42. The van der Waals surface area contributed by atoms with Gasteiger partial charge in [-0.05, 0) is 24.6 Å². The molecule has 0 unspecified atom stereocenters. The average molecular weight is 303 g/mol. The first-order chi connectivity index (χ1) is 8.90. The maximum Gasteiger partial charge on any atom is 0.222 e. The molecule has 2 N–H and O–H groups in total. The normalized spacial score (nSPS) is 11.8. The van der Waals surface area contributed by atoms with Crippen LogP contribution in [0.1, 0.15) is 31.9 Å². The van der Waals surface area contributed by atoms with Gasteiger partial charge in [-0.1, -0.05) is 29.3 Å². The molecule has 1 rings (SSSR count). The fourth-order valence-corrected chi connectivity index (χ4v) is 1.84. The van der Waals surface area contributed by atoms with Crippen molar-refractivity contribution in [2.75, 3.05) is 6.54 Å². The van der Waals surface area contributed by atoms with E-state index in [0.29, 0.717) is 16.6 Å². The van der Waals surface area contributed by atoms with Gasteiger partial charge < -0.3 is 10.6 Å². The summed E-state index contributed by atoms with van der Waals surface area (Å²) in [5, 5.41) is 6.33. The highest BCUT2D eigenvalue weighted by Crippen LogP contribution is 2.25. The summed E-state index contributed by atoms with van der Waals surface area (Å²) in [5.74, 6) is -0.280. The number of nitrogens with one attached hydrogen (secondary N) is 2. The van der Waals surface area contributed by atoms with E-state index >= 15 is 0 Å². The molecule has 0 spiro atoms. The van der Waals surface area contributed by atoms with Gasteiger partial charge >= 0.3 is 0 Å². The minimum atomic E-state index is -0.167. The van der Waals surface area contributed by atoms with Crippen molar-refractivity contribution >= 4 is 35.0 Å². The summed E-state index contributed by atoms with van der Waals surface area (Å²) >= 11 is 11.8. The zero-order chi connectivity index (χ0) is 14.4. The minimum absolute atomic E-state index is 0.132. The van der Waals surface area contributed by atoms with E-state index in [1.807, 2.05) is 13.0 Å². The van der Waals surface area contributed by atoms with Gasteiger partial charge in [-0.2, -0.15) is 0 Å². The smallest absolute Gasteiger partial charge is 0.222 e. The first kappa shape index (κ1) is 15.8. The summed E-state index contributed by atoms with van der Waals surface area (Å²) in [4.78, 5) is 22.3. The fourth-order valence-electron chi connectivity index (χ4n) is 1.53. The number of carbonyl (C=O) groups excluding carboxylic acids is 2. The van der Waals surface area contributed by atoms with E-state index in [1.165, 1.54) is 6.92 Å². The van der Waals surface area contributed by atoms with Crippen LogP contribution in [-0.4, -0.2) is 18.4 Å². The van der Waals surface area contributed by atoms with Crippen LogP contribution >= 0.6 is 23.2 Å². The van der Waals surface area contributed by atoms with Crippen LogP contribution in [0.2, 0.25) is 10.0 Å². The molecule has 1 atom stereocenters. The number of amides is 2. The molecule has 0 radical (unpaired) electrons. The second kappa shape index (κ2) is 7.36. The largest absolute Gasteiger partial charge is 0.356 e. The number of carbonyl (C=O) groups is 2. The third kappa shape index (κ3) is 5.49. The highest BCUT2D eigenvalue weighted by Gasteiger charge is 2.10. The van der Waals surface area contributed by atoms with Crippen molar-refractivity contribution in [3.05, 3.63) is 33.8 Å². The lowest BCUT2D eigenvalue weighted by Crippen LogP contribution is -2.31. The van der Waals surface area contributed by atoms with E-state index in [9.17, 15) is 9.59 Å². The predicted molar refractivity (Wildman–Crippen MR) is 76.3 cm³/mol. The predicted octanol–water partition coefficient (Wildman–Crippen LogP) is 2.70. The Morgan fingerprint density at radius 1 is 1.26 bits per heavy atom. The van der Waals surface area contributed by atoms with Crippen LogP contribution in [0.4, 0.5) is 0 Å². The Hall–Kier alpha value is -1.26. The molecule has 0 fully saturated rings. The Morgan fingerprint density at radius 3 is 2.53 bits per heavy atom. The van der Waals surface area contributed by atoms with Crippen LogP contribution in [0.15, 0.2) is 18.2 Å². The SMILES string of the molecule is CC(=O)NCCC(=O)N[C@H](C)c1ccc(Cl)c(Cl)c1. The Morgan fingerprint density at radius 2 is 1.95 bits per heavy atom. The lowest BCUT2D eigenvalue weighted by atomic mass is 10.1. The van der Waals surface area contributed by atoms with Gasteiger partial charge in [-0.15, -0.1) is 0 Å². The van der Waals surface area contributed by atoms with Crippen molar-refractivity contribution < 1.29 is 9.59 Å². The van der Waals surface area contributed by atoms with E-state index in [4.69, 9.17) is 23.2 Å². The zero-order valence-corrected chi connectivity index (χ0v) is 12.3. The number of hydrogen-bond donors (Lipinski definition) is 2. The van der Waals surface area contributed by atoms with Gasteiger partial charge in [0.15, 0.2) is 0 Å². The maximum absolute atomic E-state index is 11.6. The molecule has 4 nitrogen and oxygen atoms in total. The monoisotopic (exact) mass is 302 g/mol. The van der Waals surface area contributed by atoms with E-state index in [0.717, 1.165) is 5.56 Å². The van der Waals surface area contributed by atoms with E-state index < -0.39 is 0 Å². The van der Waals surface area contributed by atoms with Crippen LogP contribution in [0.5, 0.6) is 0 Å². The van der Waals surface area contributed by atoms with Crippen LogP contribution in [0.3, 0.4) is 0 Å². The Balaban J connectivity index is 2.49. The molecular weight excluding hydrogens is 287 g/mol. The molecule has 0 saturated carbocycles. The van der Waals surface area contributed by atoms with Crippen molar-refractivity contribution in [3.8, 4) is 0 Å². The van der Waals surface area contributed by atoms with Crippen LogP contribution in [0.25, 0.3) is 0 Å². The number of benzene rings is 1. The second-order valence-electron chi connectivity index (χ2n) is 4.20. The van der Waals surface area contributed by atoms with Gasteiger partial charge in [0.05, 0.1) is 16.1 Å². The summed E-state index contributed by atoms with van der Waals surface area (Å²) in [6.07, 6.45) is 0.241. The summed E-state index contributed by atoms with van der Waals surface area (Å²) in [6.45, 7) is 3.60. The standard InChI is InChI=1S/C13H16Cl2N2O2/c1-8(10-3-4-11(14)12(15)7-10)17-13(19)5-6-16-9(2)18/h3-4,7-8H,5-6H2,1-2H3,(H,16,18)(H,17,19)/t8-/m1/s1. The third-order valence-corrected chi connectivity index (χ3v) is 3.29. The quantitative estimate of drug-likeness (QED) is 0.878. The molecule has 0 aliphatic rings. The second-order valence-corrected chi connectivity index (χ2v) is 5.01. The van der Waals surface area contributed by atoms with Crippen LogP contribution in [-0.2, 0) is 9.59 Å². The topological polar surface area (TPSA) is 58.2 Å². The molecule has 0 saturated heterocycles. The first-order valence-electron chi connectivity index (χ1n) is 5.89. The van der Waals surface area contributed by atoms with Gasteiger partial charge in [0.25, 0.3) is 0 Å². The Bertz CT molecular complexity index is 478.